The van der Waals surface area contributed by atoms with Gasteiger partial charge in [-0.05, 0) is 67.9 Å². The first-order chi connectivity index (χ1) is 16.3. The molecule has 0 aliphatic rings. The molecule has 5 aromatic rings. The maximum Gasteiger partial charge on any atom is 0.268 e. The molecule has 34 heavy (non-hydrogen) atoms. The van der Waals surface area contributed by atoms with Crippen molar-refractivity contribution in [2.75, 3.05) is 19.0 Å². The molecule has 5 rings (SSSR count). The molecule has 0 radical (unpaired) electrons. The van der Waals surface area contributed by atoms with Gasteiger partial charge in [0.15, 0.2) is 0 Å². The maximum absolute atomic E-state index is 13.3. The first kappa shape index (κ1) is 22.0. The molecule has 0 bridgehead atoms. The zero-order chi connectivity index (χ0) is 24.0. The van der Waals surface area contributed by atoms with E-state index in [1.165, 1.54) is 3.97 Å². The number of rotatable bonds is 5. The van der Waals surface area contributed by atoms with Crippen LogP contribution >= 0.6 is 0 Å². The Morgan fingerprint density at radius 2 is 1.38 bits per heavy atom. The second kappa shape index (κ2) is 8.18. The summed E-state index contributed by atoms with van der Waals surface area (Å²) in [5.41, 5.74) is 7.17. The summed E-state index contributed by atoms with van der Waals surface area (Å²) >= 11 is 0. The van der Waals surface area contributed by atoms with Crippen LogP contribution in [0.5, 0.6) is 0 Å². The molecule has 2 aromatic carbocycles. The molecule has 0 fully saturated rings. The maximum atomic E-state index is 13.3. The van der Waals surface area contributed by atoms with Gasteiger partial charge in [0.05, 0.1) is 10.4 Å². The van der Waals surface area contributed by atoms with Crippen LogP contribution in [-0.4, -0.2) is 36.1 Å². The predicted octanol–water partition coefficient (Wildman–Crippen LogP) is 5.39. The fraction of sp³-hybridized carbons (Fsp3) is 0.148. The molecule has 3 aromatic heterocycles. The molecule has 172 valence electrons. The van der Waals surface area contributed by atoms with Gasteiger partial charge in [-0.3, -0.25) is 0 Å². The molecular formula is C27H26N4O2S. The smallest absolute Gasteiger partial charge is 0.268 e. The van der Waals surface area contributed by atoms with E-state index in [0.717, 1.165) is 33.6 Å². The van der Waals surface area contributed by atoms with Gasteiger partial charge in [0.1, 0.15) is 5.69 Å². The minimum absolute atomic E-state index is 0.256. The molecule has 0 spiro atoms. The SMILES string of the molecule is Cc1ccc(C)n1S(=O)(=O)c1ccc(-c2c(-c3ccc(N(C)C)cc3)nn3ccccc23)cc1. The number of hydrogen-bond acceptors (Lipinski definition) is 4. The van der Waals surface area contributed by atoms with Crippen molar-refractivity contribution in [2.24, 2.45) is 0 Å². The van der Waals surface area contributed by atoms with Crippen LogP contribution in [0.3, 0.4) is 0 Å². The van der Waals surface area contributed by atoms with Gasteiger partial charge in [0.25, 0.3) is 10.0 Å². The highest BCUT2D eigenvalue weighted by Crippen LogP contribution is 2.36. The fourth-order valence-electron chi connectivity index (χ4n) is 4.34. The van der Waals surface area contributed by atoms with Crippen molar-refractivity contribution in [1.82, 2.24) is 13.6 Å². The average Bonchev–Trinajstić information content (AvgIpc) is 3.39. The standard InChI is InChI=1S/C27H26N4O2S/c1-19-8-9-20(2)31(19)34(32,33)24-16-12-21(13-17-24)26-25-7-5-6-18-30(25)28-27(26)22-10-14-23(15-11-22)29(3)4/h5-18H,1-4H3. The number of pyridine rings is 1. The van der Waals surface area contributed by atoms with Crippen LogP contribution in [-0.2, 0) is 10.0 Å². The molecule has 0 aliphatic heterocycles. The van der Waals surface area contributed by atoms with Crippen molar-refractivity contribution < 1.29 is 8.42 Å². The minimum Gasteiger partial charge on any atom is -0.378 e. The number of hydrogen-bond donors (Lipinski definition) is 0. The van der Waals surface area contributed by atoms with Gasteiger partial charge in [-0.2, -0.15) is 5.10 Å². The van der Waals surface area contributed by atoms with E-state index in [-0.39, 0.29) is 4.90 Å². The van der Waals surface area contributed by atoms with Crippen LogP contribution in [0, 0.1) is 13.8 Å². The monoisotopic (exact) mass is 470 g/mol. The number of aromatic nitrogens is 3. The lowest BCUT2D eigenvalue weighted by molar-refractivity contribution is 0.585. The van der Waals surface area contributed by atoms with Crippen LogP contribution in [0.4, 0.5) is 5.69 Å². The van der Waals surface area contributed by atoms with Crippen LogP contribution < -0.4 is 4.90 Å². The highest BCUT2D eigenvalue weighted by molar-refractivity contribution is 7.90. The molecule has 3 heterocycles. The van der Waals surface area contributed by atoms with Gasteiger partial charge in [-0.1, -0.05) is 30.3 Å². The molecule has 0 saturated heterocycles. The Labute approximate surface area is 199 Å². The highest BCUT2D eigenvalue weighted by Gasteiger charge is 2.22. The van der Waals surface area contributed by atoms with Crippen molar-refractivity contribution in [2.45, 2.75) is 18.7 Å². The van der Waals surface area contributed by atoms with E-state index in [4.69, 9.17) is 5.10 Å². The van der Waals surface area contributed by atoms with Gasteiger partial charge >= 0.3 is 0 Å². The van der Waals surface area contributed by atoms with Gasteiger partial charge in [-0.25, -0.2) is 16.9 Å². The van der Waals surface area contributed by atoms with Gasteiger partial charge in [0, 0.05) is 48.5 Å². The first-order valence-electron chi connectivity index (χ1n) is 11.0. The van der Waals surface area contributed by atoms with Gasteiger partial charge in [-0.15, -0.1) is 0 Å². The molecule has 6 nitrogen and oxygen atoms in total. The summed E-state index contributed by atoms with van der Waals surface area (Å²) in [5, 5.41) is 4.85. The van der Waals surface area contributed by atoms with Crippen molar-refractivity contribution in [3.05, 3.63) is 96.4 Å². The van der Waals surface area contributed by atoms with Gasteiger partial charge in [0.2, 0.25) is 0 Å². The molecule has 0 N–H and O–H groups in total. The summed E-state index contributed by atoms with van der Waals surface area (Å²) in [5.74, 6) is 0. The lowest BCUT2D eigenvalue weighted by atomic mass is 9.99. The van der Waals surface area contributed by atoms with Crippen molar-refractivity contribution in [1.29, 1.82) is 0 Å². The zero-order valence-corrected chi connectivity index (χ0v) is 20.4. The number of anilines is 1. The van der Waals surface area contributed by atoms with Crippen LogP contribution in [0.15, 0.2) is 90.0 Å². The topological polar surface area (TPSA) is 59.6 Å². The largest absolute Gasteiger partial charge is 0.378 e. The average molecular weight is 471 g/mol. The van der Waals surface area contributed by atoms with Crippen LogP contribution in [0.2, 0.25) is 0 Å². The zero-order valence-electron chi connectivity index (χ0n) is 19.6. The second-order valence-electron chi connectivity index (χ2n) is 8.61. The fourth-order valence-corrected chi connectivity index (χ4v) is 5.91. The third-order valence-corrected chi connectivity index (χ3v) is 8.01. The number of benzene rings is 2. The summed E-state index contributed by atoms with van der Waals surface area (Å²) in [6.07, 6.45) is 1.92. The first-order valence-corrected chi connectivity index (χ1v) is 12.5. The van der Waals surface area contributed by atoms with Crippen molar-refractivity contribution in [3.63, 3.8) is 0 Å². The summed E-state index contributed by atoms with van der Waals surface area (Å²) in [6, 6.07) is 24.9. The van der Waals surface area contributed by atoms with E-state index >= 15 is 0 Å². The Balaban J connectivity index is 1.63. The number of fused-ring (bicyclic) bond motifs is 1. The Morgan fingerprint density at radius 1 is 0.765 bits per heavy atom. The lowest BCUT2D eigenvalue weighted by Crippen LogP contribution is -2.15. The Morgan fingerprint density at radius 3 is 2.00 bits per heavy atom. The van der Waals surface area contributed by atoms with Crippen LogP contribution in [0.1, 0.15) is 11.4 Å². The molecule has 7 heteroatoms. The predicted molar refractivity (Wildman–Crippen MR) is 137 cm³/mol. The Bertz CT molecular complexity index is 1570. The van der Waals surface area contributed by atoms with Crippen LogP contribution in [0.25, 0.3) is 27.9 Å². The third kappa shape index (κ3) is 3.58. The molecule has 0 atom stereocenters. The van der Waals surface area contributed by atoms with Gasteiger partial charge < -0.3 is 4.90 Å². The summed E-state index contributed by atoms with van der Waals surface area (Å²) < 4.78 is 29.8. The van der Waals surface area contributed by atoms with E-state index in [1.54, 1.807) is 26.0 Å². The second-order valence-corrected chi connectivity index (χ2v) is 10.4. The van der Waals surface area contributed by atoms with E-state index in [1.807, 2.05) is 67.3 Å². The molecule has 0 saturated carbocycles. The van der Waals surface area contributed by atoms with E-state index < -0.39 is 10.0 Å². The summed E-state index contributed by atoms with van der Waals surface area (Å²) in [7, 11) is 0.354. The quantitative estimate of drug-likeness (QED) is 0.346. The number of aryl methyl sites for hydroxylation is 2. The summed E-state index contributed by atoms with van der Waals surface area (Å²) in [4.78, 5) is 2.31. The molecule has 0 amide bonds. The van der Waals surface area contributed by atoms with E-state index in [9.17, 15) is 8.42 Å². The van der Waals surface area contributed by atoms with E-state index in [0.29, 0.717) is 11.4 Å². The highest BCUT2D eigenvalue weighted by atomic mass is 32.2. The third-order valence-electron chi connectivity index (χ3n) is 6.08. The molecule has 0 aliphatic carbocycles. The molecular weight excluding hydrogens is 444 g/mol. The normalized spacial score (nSPS) is 11.8. The Kier molecular flexibility index (Phi) is 5.29. The Hall–Kier alpha value is -3.84. The van der Waals surface area contributed by atoms with Crippen molar-refractivity contribution >= 4 is 21.2 Å². The van der Waals surface area contributed by atoms with Crippen molar-refractivity contribution in [3.8, 4) is 22.4 Å². The molecule has 0 unspecified atom stereocenters. The van der Waals surface area contributed by atoms with E-state index in [2.05, 4.69) is 29.2 Å². The lowest BCUT2D eigenvalue weighted by Gasteiger charge is -2.13. The number of nitrogens with zero attached hydrogens (tertiary/aromatic N) is 4. The minimum atomic E-state index is -3.67. The summed E-state index contributed by atoms with van der Waals surface area (Å²) in [6.45, 7) is 3.59.